The predicted octanol–water partition coefficient (Wildman–Crippen LogP) is 0.356. The van der Waals surface area contributed by atoms with E-state index in [9.17, 15) is 4.39 Å². The van der Waals surface area contributed by atoms with Gasteiger partial charge in [0, 0.05) is 0 Å². The molecule has 0 aromatic carbocycles. The van der Waals surface area contributed by atoms with E-state index in [1.54, 1.807) is 4.90 Å². The van der Waals surface area contributed by atoms with Crippen LogP contribution in [-0.2, 0) is 0 Å². The first-order valence-corrected chi connectivity index (χ1v) is 1.98. The zero-order valence-corrected chi connectivity index (χ0v) is 4.24. The zero-order valence-electron chi connectivity index (χ0n) is 4.24. The van der Waals surface area contributed by atoms with Gasteiger partial charge in [-0.15, -0.1) is 0 Å². The first-order chi connectivity index (χ1) is 2.77. The molecule has 0 aromatic rings. The summed E-state index contributed by atoms with van der Waals surface area (Å²) >= 11 is 0. The molecule has 1 nitrogen and oxygen atoms in total. The highest BCUT2D eigenvalue weighted by molar-refractivity contribution is 4.42. The number of alkyl halides is 1. The lowest BCUT2D eigenvalue weighted by Gasteiger charge is -1.90. The van der Waals surface area contributed by atoms with Crippen molar-refractivity contribution in [2.45, 2.75) is 0 Å². The molecule has 0 saturated heterocycles. The predicted molar refractivity (Wildman–Crippen MR) is 24.8 cm³/mol. The normalized spacial score (nSPS) is 10.0. The molecule has 0 N–H and O–H groups in total. The number of rotatable bonds is 2. The maximum Gasteiger partial charge on any atom is 0.150 e. The van der Waals surface area contributed by atoms with Gasteiger partial charge < -0.3 is 0 Å². The molecule has 0 rings (SSSR count). The molecule has 37 valence electrons. The molecule has 0 aliphatic rings. The van der Waals surface area contributed by atoms with Crippen LogP contribution in [0, 0.1) is 0 Å². The summed E-state index contributed by atoms with van der Waals surface area (Å²) in [5.41, 5.74) is 0. The molecule has 1 radical (unpaired) electrons. The lowest BCUT2D eigenvalue weighted by atomic mass is 10.7. The van der Waals surface area contributed by atoms with E-state index >= 15 is 0 Å². The van der Waals surface area contributed by atoms with E-state index in [0.717, 1.165) is 0 Å². The van der Waals surface area contributed by atoms with Crippen LogP contribution in [0.15, 0.2) is 0 Å². The van der Waals surface area contributed by atoms with E-state index in [0.29, 0.717) is 6.54 Å². The summed E-state index contributed by atoms with van der Waals surface area (Å²) in [7, 11) is 3.69. The van der Waals surface area contributed by atoms with Crippen LogP contribution in [0.3, 0.4) is 0 Å². The summed E-state index contributed by atoms with van der Waals surface area (Å²) in [5, 5.41) is 0. The molecule has 0 heterocycles. The van der Waals surface area contributed by atoms with Crippen molar-refractivity contribution in [3.63, 3.8) is 0 Å². The van der Waals surface area contributed by atoms with Gasteiger partial charge in [-0.25, -0.2) is 4.39 Å². The number of hydrogen-bond acceptors (Lipinski definition) is 1. The molecule has 0 atom stereocenters. The minimum absolute atomic E-state index is 0.243. The Bertz CT molecular complexity index is 28.7. The fourth-order valence-electron chi connectivity index (χ4n) is 0.169. The average molecular weight is 91.1 g/mol. The van der Waals surface area contributed by atoms with Crippen molar-refractivity contribution >= 4 is 0 Å². The minimum Gasteiger partial charge on any atom is -0.245 e. The highest BCUT2D eigenvalue weighted by Gasteiger charge is 1.92. The van der Waals surface area contributed by atoms with Gasteiger partial charge in [0.25, 0.3) is 0 Å². The van der Waals surface area contributed by atoms with Crippen molar-refractivity contribution in [2.75, 3.05) is 27.3 Å². The van der Waals surface area contributed by atoms with Gasteiger partial charge >= 0.3 is 0 Å². The first-order valence-electron chi connectivity index (χ1n) is 1.98. The molecule has 6 heavy (non-hydrogen) atoms. The van der Waals surface area contributed by atoms with Gasteiger partial charge in [-0.05, 0) is 0 Å². The lowest BCUT2D eigenvalue weighted by Crippen LogP contribution is -2.20. The van der Waals surface area contributed by atoms with Crippen molar-refractivity contribution in [3.8, 4) is 0 Å². The molecular weight excluding hydrogens is 81.0 g/mol. The quantitative estimate of drug-likeness (QED) is 0.433. The summed E-state index contributed by atoms with van der Waals surface area (Å²) < 4.78 is 11.2. The van der Waals surface area contributed by atoms with Crippen LogP contribution in [0.25, 0.3) is 0 Å². The second kappa shape index (κ2) is 3.09. The van der Waals surface area contributed by atoms with Crippen molar-refractivity contribution in [1.82, 2.24) is 4.90 Å². The molecule has 0 aromatic heterocycles. The molecule has 0 spiro atoms. The topological polar surface area (TPSA) is 5.90 Å². The summed E-state index contributed by atoms with van der Waals surface area (Å²) in [6.07, 6.45) is 0. The molecule has 0 saturated carbocycles. The van der Waals surface area contributed by atoms with Gasteiger partial charge in [-0.2, -0.15) is 4.90 Å². The van der Waals surface area contributed by atoms with E-state index in [-0.39, 0.29) is 6.67 Å². The van der Waals surface area contributed by atoms with E-state index in [1.807, 2.05) is 14.1 Å². The van der Waals surface area contributed by atoms with Crippen molar-refractivity contribution < 1.29 is 4.39 Å². The van der Waals surface area contributed by atoms with Crippen molar-refractivity contribution in [2.24, 2.45) is 0 Å². The molecule has 0 amide bonds. The van der Waals surface area contributed by atoms with Gasteiger partial charge in [-0.1, -0.05) is 0 Å². The number of nitrogens with zero attached hydrogens (tertiary/aromatic N) is 1. The van der Waals surface area contributed by atoms with E-state index in [1.165, 1.54) is 0 Å². The Labute approximate surface area is 37.8 Å². The Kier molecular flexibility index (Phi) is 3.04. The largest absolute Gasteiger partial charge is 0.245 e. The zero-order chi connectivity index (χ0) is 4.99. The minimum atomic E-state index is -0.243. The van der Waals surface area contributed by atoms with Crippen LogP contribution in [0.2, 0.25) is 0 Å². The first kappa shape index (κ1) is 5.89. The lowest BCUT2D eigenvalue weighted by molar-refractivity contribution is 0.425. The van der Waals surface area contributed by atoms with Crippen LogP contribution in [0.1, 0.15) is 0 Å². The Hall–Kier alpha value is -0.110. The van der Waals surface area contributed by atoms with Gasteiger partial charge in [0.05, 0.1) is 0 Å². The number of halogens is 1. The van der Waals surface area contributed by atoms with E-state index in [2.05, 4.69) is 0 Å². The van der Waals surface area contributed by atoms with Crippen molar-refractivity contribution in [3.05, 3.63) is 0 Å². The standard InChI is InChI=1S/C4H10FN/c1-6(2)4-3-5/h3-4H2,1-2H3/q+1. The van der Waals surface area contributed by atoms with Crippen LogP contribution in [0.4, 0.5) is 4.39 Å². The summed E-state index contributed by atoms with van der Waals surface area (Å²) in [5.74, 6) is 0. The maximum absolute atomic E-state index is 11.2. The third kappa shape index (κ3) is 3.89. The molecular formula is C4H10FN+. The third-order valence-electron chi connectivity index (χ3n) is 0.532. The molecule has 0 aliphatic heterocycles. The summed E-state index contributed by atoms with van der Waals surface area (Å²) in [6, 6.07) is 0. The maximum atomic E-state index is 11.2. The molecule has 0 bridgehead atoms. The van der Waals surface area contributed by atoms with Crippen LogP contribution in [0.5, 0.6) is 0 Å². The fraction of sp³-hybridized carbons (Fsp3) is 1.00. The second-order valence-corrected chi connectivity index (χ2v) is 1.49. The second-order valence-electron chi connectivity index (χ2n) is 1.49. The Morgan fingerprint density at radius 1 is 1.50 bits per heavy atom. The molecule has 0 fully saturated rings. The average Bonchev–Trinajstić information content (AvgIpc) is 1.35. The molecule has 0 unspecified atom stereocenters. The highest BCUT2D eigenvalue weighted by atomic mass is 19.1. The van der Waals surface area contributed by atoms with Crippen LogP contribution < -0.4 is 4.90 Å². The van der Waals surface area contributed by atoms with Crippen LogP contribution in [-0.4, -0.2) is 27.3 Å². The molecule has 2 heteroatoms. The SMILES string of the molecule is C[N+](C)CCF. The van der Waals surface area contributed by atoms with Gasteiger partial charge in [0.2, 0.25) is 0 Å². The summed E-state index contributed by atoms with van der Waals surface area (Å²) in [6.45, 7) is 0.299. The Morgan fingerprint density at radius 3 is 2.00 bits per heavy atom. The van der Waals surface area contributed by atoms with Crippen molar-refractivity contribution in [1.29, 1.82) is 0 Å². The monoisotopic (exact) mass is 91.1 g/mol. The third-order valence-corrected chi connectivity index (χ3v) is 0.532. The fourth-order valence-corrected chi connectivity index (χ4v) is 0.169. The van der Waals surface area contributed by atoms with Gasteiger partial charge in [-0.3, -0.25) is 0 Å². The van der Waals surface area contributed by atoms with Gasteiger partial charge in [0.1, 0.15) is 20.8 Å². The van der Waals surface area contributed by atoms with E-state index < -0.39 is 0 Å². The number of hydrogen-bond donors (Lipinski definition) is 0. The summed E-state index contributed by atoms with van der Waals surface area (Å²) in [4.78, 5) is 1.81. The Balaban J connectivity index is 2.63. The van der Waals surface area contributed by atoms with Gasteiger partial charge in [0.15, 0.2) is 6.54 Å². The smallest absolute Gasteiger partial charge is 0.150 e. The Morgan fingerprint density at radius 2 is 2.00 bits per heavy atom. The molecule has 0 aliphatic carbocycles. The van der Waals surface area contributed by atoms with Crippen LogP contribution >= 0.6 is 0 Å². The highest BCUT2D eigenvalue weighted by Crippen LogP contribution is 1.67. The van der Waals surface area contributed by atoms with E-state index in [4.69, 9.17) is 0 Å².